The molecule has 3 rings (SSSR count). The van der Waals surface area contributed by atoms with Gasteiger partial charge in [-0.25, -0.2) is 0 Å². The summed E-state index contributed by atoms with van der Waals surface area (Å²) in [5.41, 5.74) is 8.78. The van der Waals surface area contributed by atoms with Crippen molar-refractivity contribution in [2.45, 2.75) is 0 Å². The summed E-state index contributed by atoms with van der Waals surface area (Å²) in [5, 5.41) is 2.78. The molecule has 0 atom stereocenters. The highest BCUT2D eigenvalue weighted by Gasteiger charge is 2.08. The van der Waals surface area contributed by atoms with Gasteiger partial charge in [-0.05, 0) is 48.0 Å². The molecule has 28 heavy (non-hydrogen) atoms. The second-order valence-corrected chi connectivity index (χ2v) is 6.09. The number of nitrogens with one attached hydrogen (secondary N) is 1. The van der Waals surface area contributed by atoms with Gasteiger partial charge < -0.3 is 15.8 Å². The van der Waals surface area contributed by atoms with Crippen molar-refractivity contribution < 1.29 is 14.3 Å². The number of allylic oxidation sites excluding steroid dienone is 1. The standard InChI is InChI=1S/C23H20N2O3/c1-28-19-6-4-5-18(15-19)22(26)14-11-16-9-12-17(13-10-16)23(27)25-21-8-3-2-7-20(21)24/h2-15H,24H2,1H3,(H,25,27)/b14-11+. The largest absolute Gasteiger partial charge is 0.497 e. The quantitative estimate of drug-likeness (QED) is 0.381. The molecule has 140 valence electrons. The number of ether oxygens (including phenoxy) is 1. The third kappa shape index (κ3) is 4.65. The minimum absolute atomic E-state index is 0.125. The molecule has 0 unspecified atom stereocenters. The van der Waals surface area contributed by atoms with Crippen LogP contribution in [0.15, 0.2) is 78.9 Å². The third-order valence-corrected chi connectivity index (χ3v) is 4.16. The highest BCUT2D eigenvalue weighted by molar-refractivity contribution is 6.07. The summed E-state index contributed by atoms with van der Waals surface area (Å²) >= 11 is 0. The second kappa shape index (κ2) is 8.68. The van der Waals surface area contributed by atoms with Gasteiger partial charge in [0.25, 0.3) is 5.91 Å². The maximum absolute atomic E-state index is 12.3. The predicted octanol–water partition coefficient (Wildman–Crippen LogP) is 4.43. The minimum Gasteiger partial charge on any atom is -0.497 e. The first-order chi connectivity index (χ1) is 13.6. The van der Waals surface area contributed by atoms with Crippen LogP contribution in [0.3, 0.4) is 0 Å². The SMILES string of the molecule is COc1cccc(C(=O)/C=C/c2ccc(C(=O)Nc3ccccc3N)cc2)c1. The molecule has 3 N–H and O–H groups in total. The number of anilines is 2. The van der Waals surface area contributed by atoms with Crippen molar-refractivity contribution in [1.29, 1.82) is 0 Å². The Morgan fingerprint density at radius 1 is 0.929 bits per heavy atom. The van der Waals surface area contributed by atoms with E-state index in [0.29, 0.717) is 28.3 Å². The summed E-state index contributed by atoms with van der Waals surface area (Å²) in [6, 6.07) is 21.0. The lowest BCUT2D eigenvalue weighted by molar-refractivity contribution is 0.102. The summed E-state index contributed by atoms with van der Waals surface area (Å²) in [4.78, 5) is 24.6. The summed E-state index contributed by atoms with van der Waals surface area (Å²) in [6.45, 7) is 0. The molecule has 0 heterocycles. The minimum atomic E-state index is -0.249. The van der Waals surface area contributed by atoms with Crippen LogP contribution in [0.4, 0.5) is 11.4 Å². The molecule has 5 heteroatoms. The third-order valence-electron chi connectivity index (χ3n) is 4.16. The molecular formula is C23H20N2O3. The molecule has 0 fully saturated rings. The lowest BCUT2D eigenvalue weighted by Crippen LogP contribution is -2.12. The molecular weight excluding hydrogens is 352 g/mol. The Kier molecular flexibility index (Phi) is 5.87. The maximum Gasteiger partial charge on any atom is 0.255 e. The van der Waals surface area contributed by atoms with E-state index in [-0.39, 0.29) is 11.7 Å². The van der Waals surface area contributed by atoms with E-state index < -0.39 is 0 Å². The van der Waals surface area contributed by atoms with Crippen LogP contribution in [-0.4, -0.2) is 18.8 Å². The highest BCUT2D eigenvalue weighted by atomic mass is 16.5. The summed E-state index contributed by atoms with van der Waals surface area (Å²) in [5.74, 6) is 0.259. The van der Waals surface area contributed by atoms with Crippen LogP contribution in [0.5, 0.6) is 5.75 Å². The van der Waals surface area contributed by atoms with Gasteiger partial charge in [0, 0.05) is 11.1 Å². The van der Waals surface area contributed by atoms with Gasteiger partial charge in [-0.1, -0.05) is 42.5 Å². The average Bonchev–Trinajstić information content (AvgIpc) is 2.74. The smallest absolute Gasteiger partial charge is 0.255 e. The Balaban J connectivity index is 1.66. The molecule has 0 aliphatic carbocycles. The lowest BCUT2D eigenvalue weighted by Gasteiger charge is -2.08. The average molecular weight is 372 g/mol. The van der Waals surface area contributed by atoms with E-state index in [2.05, 4.69) is 5.32 Å². The van der Waals surface area contributed by atoms with Crippen LogP contribution in [-0.2, 0) is 0 Å². The number of carbonyl (C=O) groups excluding carboxylic acids is 2. The maximum atomic E-state index is 12.3. The molecule has 3 aromatic rings. The molecule has 5 nitrogen and oxygen atoms in total. The Morgan fingerprint density at radius 3 is 2.39 bits per heavy atom. The molecule has 0 radical (unpaired) electrons. The van der Waals surface area contributed by atoms with Crippen molar-refractivity contribution in [1.82, 2.24) is 0 Å². The first kappa shape index (κ1) is 18.9. The molecule has 0 aliphatic rings. The number of nitrogens with two attached hydrogens (primary N) is 1. The fraction of sp³-hybridized carbons (Fsp3) is 0.0435. The number of benzene rings is 3. The van der Waals surface area contributed by atoms with E-state index in [0.717, 1.165) is 5.56 Å². The number of nitrogen functional groups attached to an aromatic ring is 1. The van der Waals surface area contributed by atoms with E-state index in [9.17, 15) is 9.59 Å². The molecule has 0 saturated heterocycles. The fourth-order valence-electron chi connectivity index (χ4n) is 2.60. The normalized spacial score (nSPS) is 10.6. The summed E-state index contributed by atoms with van der Waals surface area (Å²) in [6.07, 6.45) is 3.20. The predicted molar refractivity (Wildman–Crippen MR) is 112 cm³/mol. The molecule has 0 bridgehead atoms. The van der Waals surface area contributed by atoms with Gasteiger partial charge in [-0.3, -0.25) is 9.59 Å². The Labute approximate surface area is 163 Å². The number of ketones is 1. The number of methoxy groups -OCH3 is 1. The van der Waals surface area contributed by atoms with Gasteiger partial charge in [0.15, 0.2) is 5.78 Å². The zero-order chi connectivity index (χ0) is 19.9. The molecule has 0 aliphatic heterocycles. The van der Waals surface area contributed by atoms with Gasteiger partial charge in [-0.2, -0.15) is 0 Å². The van der Waals surface area contributed by atoms with Gasteiger partial charge in [0.1, 0.15) is 5.75 Å². The van der Waals surface area contributed by atoms with Crippen molar-refractivity contribution in [3.05, 3.63) is 95.6 Å². The van der Waals surface area contributed by atoms with Crippen molar-refractivity contribution in [3.8, 4) is 5.75 Å². The van der Waals surface area contributed by atoms with Crippen molar-refractivity contribution >= 4 is 29.1 Å². The van der Waals surface area contributed by atoms with Crippen molar-refractivity contribution in [2.75, 3.05) is 18.2 Å². The molecule has 3 aromatic carbocycles. The van der Waals surface area contributed by atoms with Crippen LogP contribution in [0.1, 0.15) is 26.3 Å². The first-order valence-electron chi connectivity index (χ1n) is 8.69. The van der Waals surface area contributed by atoms with E-state index in [4.69, 9.17) is 10.5 Å². The van der Waals surface area contributed by atoms with Gasteiger partial charge in [-0.15, -0.1) is 0 Å². The number of carbonyl (C=O) groups is 2. The second-order valence-electron chi connectivity index (χ2n) is 6.09. The summed E-state index contributed by atoms with van der Waals surface area (Å²) in [7, 11) is 1.56. The van der Waals surface area contributed by atoms with E-state index in [1.807, 2.05) is 0 Å². The van der Waals surface area contributed by atoms with Gasteiger partial charge in [0.05, 0.1) is 18.5 Å². The zero-order valence-electron chi connectivity index (χ0n) is 15.4. The number of para-hydroxylation sites is 2. The Hall–Kier alpha value is -3.86. The van der Waals surface area contributed by atoms with Crippen molar-refractivity contribution in [2.24, 2.45) is 0 Å². The molecule has 0 saturated carbocycles. The number of hydrogen-bond acceptors (Lipinski definition) is 4. The van der Waals surface area contributed by atoms with Crippen molar-refractivity contribution in [3.63, 3.8) is 0 Å². The van der Waals surface area contributed by atoms with E-state index in [1.54, 1.807) is 86.0 Å². The van der Waals surface area contributed by atoms with E-state index in [1.165, 1.54) is 6.08 Å². The Bertz CT molecular complexity index is 1020. The van der Waals surface area contributed by atoms with Crippen LogP contribution in [0.2, 0.25) is 0 Å². The number of rotatable bonds is 6. The first-order valence-corrected chi connectivity index (χ1v) is 8.69. The van der Waals surface area contributed by atoms with Crippen LogP contribution in [0.25, 0.3) is 6.08 Å². The highest BCUT2D eigenvalue weighted by Crippen LogP contribution is 2.18. The summed E-state index contributed by atoms with van der Waals surface area (Å²) < 4.78 is 5.13. The van der Waals surface area contributed by atoms with E-state index >= 15 is 0 Å². The van der Waals surface area contributed by atoms with Gasteiger partial charge >= 0.3 is 0 Å². The zero-order valence-corrected chi connectivity index (χ0v) is 15.4. The molecule has 1 amide bonds. The van der Waals surface area contributed by atoms with Crippen LogP contribution in [0, 0.1) is 0 Å². The number of amides is 1. The lowest BCUT2D eigenvalue weighted by atomic mass is 10.1. The van der Waals surface area contributed by atoms with Crippen LogP contribution >= 0.6 is 0 Å². The molecule has 0 aromatic heterocycles. The fourth-order valence-corrected chi connectivity index (χ4v) is 2.60. The van der Waals surface area contributed by atoms with Crippen LogP contribution < -0.4 is 15.8 Å². The molecule has 0 spiro atoms. The Morgan fingerprint density at radius 2 is 1.68 bits per heavy atom. The monoisotopic (exact) mass is 372 g/mol. The topological polar surface area (TPSA) is 81.4 Å². The van der Waals surface area contributed by atoms with Gasteiger partial charge in [0.2, 0.25) is 0 Å². The number of hydrogen-bond donors (Lipinski definition) is 2.